The van der Waals surface area contributed by atoms with Crippen LogP contribution in [0.1, 0.15) is 19.8 Å². The van der Waals surface area contributed by atoms with Crippen LogP contribution in [0.15, 0.2) is 65.7 Å². The summed E-state index contributed by atoms with van der Waals surface area (Å²) in [5, 5.41) is 14.6. The van der Waals surface area contributed by atoms with E-state index in [-0.39, 0.29) is 17.1 Å². The summed E-state index contributed by atoms with van der Waals surface area (Å²) in [5.41, 5.74) is 0.570. The van der Waals surface area contributed by atoms with Crippen molar-refractivity contribution in [3.8, 4) is 0 Å². The Morgan fingerprint density at radius 3 is 2.53 bits per heavy atom. The van der Waals surface area contributed by atoms with E-state index in [0.29, 0.717) is 24.3 Å². The predicted molar refractivity (Wildman–Crippen MR) is 116 cm³/mol. The molecule has 3 N–H and O–H groups in total. The Balaban J connectivity index is 1.61. The van der Waals surface area contributed by atoms with Crippen molar-refractivity contribution >= 4 is 41.1 Å². The van der Waals surface area contributed by atoms with Gasteiger partial charge in [-0.2, -0.15) is 0 Å². The number of benzene rings is 1. The third-order valence-electron chi connectivity index (χ3n) is 4.79. The summed E-state index contributed by atoms with van der Waals surface area (Å²) in [6.45, 7) is 1.79. The number of hydrogen-bond acceptors (Lipinski definition) is 5. The number of pyridine rings is 1. The molecule has 0 fully saturated rings. The number of rotatable bonds is 7. The van der Waals surface area contributed by atoms with Gasteiger partial charge in [-0.05, 0) is 50.1 Å². The Hall–Kier alpha value is -3.13. The zero-order valence-electron chi connectivity index (χ0n) is 16.4. The molecule has 0 bridgehead atoms. The highest BCUT2D eigenvalue weighted by Crippen LogP contribution is 2.29. The normalized spacial score (nSPS) is 19.0. The van der Waals surface area contributed by atoms with E-state index in [2.05, 4.69) is 15.6 Å². The van der Waals surface area contributed by atoms with E-state index in [0.717, 1.165) is 4.90 Å². The maximum atomic E-state index is 12.6. The van der Waals surface area contributed by atoms with Crippen molar-refractivity contribution in [1.82, 2.24) is 4.98 Å². The molecule has 0 saturated carbocycles. The van der Waals surface area contributed by atoms with Gasteiger partial charge in [-0.3, -0.25) is 14.4 Å². The van der Waals surface area contributed by atoms with E-state index in [9.17, 15) is 19.5 Å². The fraction of sp³-hybridized carbons (Fsp3) is 0.273. The molecule has 2 amide bonds. The van der Waals surface area contributed by atoms with Crippen molar-refractivity contribution in [1.29, 1.82) is 0 Å². The van der Waals surface area contributed by atoms with E-state index in [1.807, 2.05) is 12.1 Å². The summed E-state index contributed by atoms with van der Waals surface area (Å²) in [4.78, 5) is 41.4. The Morgan fingerprint density at radius 1 is 1.07 bits per heavy atom. The number of aliphatic carboxylic acids is 1. The third kappa shape index (κ3) is 5.70. The number of allylic oxidation sites excluding steroid dienone is 2. The number of hydrogen-bond donors (Lipinski definition) is 3. The molecule has 3 rings (SSSR count). The van der Waals surface area contributed by atoms with Crippen molar-refractivity contribution in [2.45, 2.75) is 29.9 Å². The number of aromatic nitrogens is 1. The average molecular weight is 426 g/mol. The maximum absolute atomic E-state index is 12.6. The molecule has 3 unspecified atom stereocenters. The first kappa shape index (κ1) is 21.6. The van der Waals surface area contributed by atoms with Crippen LogP contribution >= 0.6 is 11.8 Å². The number of amides is 2. The number of nitrogens with zero attached hydrogens (tertiary/aromatic N) is 1. The number of carboxylic acid groups (broad SMARTS) is 1. The van der Waals surface area contributed by atoms with Gasteiger partial charge < -0.3 is 15.7 Å². The van der Waals surface area contributed by atoms with Crippen LogP contribution < -0.4 is 10.6 Å². The highest BCUT2D eigenvalue weighted by Gasteiger charge is 2.34. The molecule has 8 heteroatoms. The minimum atomic E-state index is -0.962. The lowest BCUT2D eigenvalue weighted by Gasteiger charge is -2.24. The molecule has 30 heavy (non-hydrogen) atoms. The highest BCUT2D eigenvalue weighted by molar-refractivity contribution is 8.00. The first-order valence-corrected chi connectivity index (χ1v) is 10.5. The molecule has 1 aliphatic carbocycles. The maximum Gasteiger partial charge on any atom is 0.307 e. The van der Waals surface area contributed by atoms with Crippen LogP contribution in [0.25, 0.3) is 0 Å². The number of anilines is 2. The largest absolute Gasteiger partial charge is 0.481 e. The van der Waals surface area contributed by atoms with Gasteiger partial charge in [-0.25, -0.2) is 4.98 Å². The lowest BCUT2D eigenvalue weighted by Crippen LogP contribution is -2.34. The van der Waals surface area contributed by atoms with Gasteiger partial charge >= 0.3 is 5.97 Å². The van der Waals surface area contributed by atoms with E-state index in [1.54, 1.807) is 55.6 Å². The average Bonchev–Trinajstić information content (AvgIpc) is 2.74. The molecular formula is C22H23N3O4S. The zero-order valence-corrected chi connectivity index (χ0v) is 17.3. The van der Waals surface area contributed by atoms with Crippen LogP contribution in [-0.2, 0) is 14.4 Å². The van der Waals surface area contributed by atoms with E-state index in [1.165, 1.54) is 11.8 Å². The second-order valence-electron chi connectivity index (χ2n) is 6.98. The molecule has 0 radical (unpaired) electrons. The Morgan fingerprint density at radius 2 is 1.83 bits per heavy atom. The predicted octanol–water partition coefficient (Wildman–Crippen LogP) is 3.81. The summed E-state index contributed by atoms with van der Waals surface area (Å²) in [6, 6.07) is 12.5. The fourth-order valence-electron chi connectivity index (χ4n) is 3.18. The van der Waals surface area contributed by atoms with Gasteiger partial charge in [-0.1, -0.05) is 24.3 Å². The minimum Gasteiger partial charge on any atom is -0.481 e. The van der Waals surface area contributed by atoms with E-state index in [4.69, 9.17) is 0 Å². The molecule has 1 aromatic heterocycles. The smallest absolute Gasteiger partial charge is 0.307 e. The number of carbonyl (C=O) groups is 3. The van der Waals surface area contributed by atoms with E-state index >= 15 is 0 Å². The van der Waals surface area contributed by atoms with Crippen molar-refractivity contribution in [3.63, 3.8) is 0 Å². The molecule has 0 aliphatic heterocycles. The number of carbonyl (C=O) groups excluding carboxylic acids is 2. The fourth-order valence-corrected chi connectivity index (χ4v) is 4.11. The highest BCUT2D eigenvalue weighted by atomic mass is 32.2. The van der Waals surface area contributed by atoms with Crippen LogP contribution in [0, 0.1) is 11.8 Å². The summed E-state index contributed by atoms with van der Waals surface area (Å²) >= 11 is 1.36. The molecule has 7 nitrogen and oxygen atoms in total. The molecule has 1 heterocycles. The second kappa shape index (κ2) is 10.1. The van der Waals surface area contributed by atoms with Crippen molar-refractivity contribution in [2.24, 2.45) is 11.8 Å². The Bertz CT molecular complexity index is 948. The van der Waals surface area contributed by atoms with Crippen molar-refractivity contribution in [3.05, 3.63) is 60.8 Å². The molecule has 2 aromatic rings. The summed E-state index contributed by atoms with van der Waals surface area (Å²) in [6.07, 6.45) is 6.01. The lowest BCUT2D eigenvalue weighted by atomic mass is 9.82. The second-order valence-corrected chi connectivity index (χ2v) is 8.39. The van der Waals surface area contributed by atoms with Gasteiger partial charge in [0.2, 0.25) is 11.8 Å². The first-order chi connectivity index (χ1) is 14.4. The van der Waals surface area contributed by atoms with Gasteiger partial charge in [0.25, 0.3) is 0 Å². The summed E-state index contributed by atoms with van der Waals surface area (Å²) < 4.78 is 0. The number of nitrogens with one attached hydrogen (secondary N) is 2. The topological polar surface area (TPSA) is 108 Å². The van der Waals surface area contributed by atoms with Crippen molar-refractivity contribution < 1.29 is 19.5 Å². The quantitative estimate of drug-likeness (QED) is 0.460. The molecule has 156 valence electrons. The van der Waals surface area contributed by atoms with Gasteiger partial charge in [0.05, 0.1) is 17.1 Å². The first-order valence-electron chi connectivity index (χ1n) is 9.61. The van der Waals surface area contributed by atoms with Crippen LogP contribution in [0.5, 0.6) is 0 Å². The van der Waals surface area contributed by atoms with Gasteiger partial charge in [0, 0.05) is 16.8 Å². The van der Waals surface area contributed by atoms with Crippen LogP contribution in [0.3, 0.4) is 0 Å². The zero-order chi connectivity index (χ0) is 21.5. The van der Waals surface area contributed by atoms with Gasteiger partial charge in [-0.15, -0.1) is 11.8 Å². The van der Waals surface area contributed by atoms with Gasteiger partial charge in [0.1, 0.15) is 5.82 Å². The monoisotopic (exact) mass is 425 g/mol. The molecule has 0 spiro atoms. The van der Waals surface area contributed by atoms with Crippen LogP contribution in [0.4, 0.5) is 11.5 Å². The molecule has 0 saturated heterocycles. The van der Waals surface area contributed by atoms with Crippen molar-refractivity contribution in [2.75, 3.05) is 10.6 Å². The van der Waals surface area contributed by atoms with Gasteiger partial charge in [0.15, 0.2) is 0 Å². The molecule has 1 aromatic carbocycles. The minimum absolute atomic E-state index is 0.175. The standard InChI is InChI=1S/C22H23N3O4S/c1-14(20(26)25-19-11-4-5-12-23-19)30-16-8-6-7-15(13-16)24-21(27)17-9-2-3-10-18(17)22(28)29/h2-8,11-14,17-18H,9-10H2,1H3,(H,24,27)(H,28,29)(H,23,25,26). The molecule has 1 aliphatic rings. The molecular weight excluding hydrogens is 402 g/mol. The Kier molecular flexibility index (Phi) is 7.24. The van der Waals surface area contributed by atoms with Crippen LogP contribution in [0.2, 0.25) is 0 Å². The molecule has 3 atom stereocenters. The number of carboxylic acids is 1. The third-order valence-corrected chi connectivity index (χ3v) is 5.88. The SMILES string of the molecule is CC(Sc1cccc(NC(=O)C2CC=CCC2C(=O)O)c1)C(=O)Nc1ccccn1. The van der Waals surface area contributed by atoms with E-state index < -0.39 is 17.8 Å². The number of thioether (sulfide) groups is 1. The lowest BCUT2D eigenvalue weighted by molar-refractivity contribution is -0.146. The Labute approximate surface area is 179 Å². The van der Waals surface area contributed by atoms with Crippen LogP contribution in [-0.4, -0.2) is 33.1 Å². The summed E-state index contributed by atoms with van der Waals surface area (Å²) in [7, 11) is 0. The summed E-state index contributed by atoms with van der Waals surface area (Å²) in [5.74, 6) is -2.28.